The molecule has 0 N–H and O–H groups in total. The predicted molar refractivity (Wildman–Crippen MR) is 95.2 cm³/mol. The highest BCUT2D eigenvalue weighted by Crippen LogP contribution is 2.66. The van der Waals surface area contributed by atoms with Crippen molar-refractivity contribution in [2.75, 3.05) is 26.3 Å². The van der Waals surface area contributed by atoms with E-state index in [2.05, 4.69) is 0 Å². The van der Waals surface area contributed by atoms with Crippen molar-refractivity contribution in [2.24, 2.45) is 17.8 Å². The van der Waals surface area contributed by atoms with Crippen LogP contribution in [0, 0.1) is 24.7 Å². The third-order valence-electron chi connectivity index (χ3n) is 6.70. The number of ketones is 1. The molecule has 5 rings (SSSR count). The lowest BCUT2D eigenvalue weighted by Gasteiger charge is -2.37. The van der Waals surface area contributed by atoms with Gasteiger partial charge in [-0.25, -0.2) is 0 Å². The van der Waals surface area contributed by atoms with E-state index in [0.29, 0.717) is 36.8 Å². The summed E-state index contributed by atoms with van der Waals surface area (Å²) in [5.74, 6) is 1.71. The van der Waals surface area contributed by atoms with Crippen LogP contribution in [0.3, 0.4) is 0 Å². The SMILES string of the molecule is Cc1ccc2c(c1)C(=O)C[C@]1(CC[C@@H]3[C@@H](C(=O)N4CCCOCC4)[C@H]31)O2. The Bertz CT molecular complexity index is 767. The fraction of sp³-hybridized carbons (Fsp3) is 0.619. The van der Waals surface area contributed by atoms with E-state index < -0.39 is 5.60 Å². The minimum Gasteiger partial charge on any atom is -0.486 e. The van der Waals surface area contributed by atoms with Crippen LogP contribution in [0.2, 0.25) is 0 Å². The number of aryl methyl sites for hydroxylation is 1. The zero-order chi connectivity index (χ0) is 17.9. The quantitative estimate of drug-likeness (QED) is 0.777. The number of carbonyl (C=O) groups excluding carboxylic acids is 2. The Hall–Kier alpha value is -1.88. The van der Waals surface area contributed by atoms with Gasteiger partial charge in [-0.2, -0.15) is 0 Å². The van der Waals surface area contributed by atoms with Crippen LogP contribution in [0.1, 0.15) is 41.6 Å². The summed E-state index contributed by atoms with van der Waals surface area (Å²) in [5.41, 5.74) is 1.31. The van der Waals surface area contributed by atoms with Crippen LogP contribution < -0.4 is 4.74 Å². The first-order chi connectivity index (χ1) is 12.6. The highest BCUT2D eigenvalue weighted by Gasteiger charge is 2.71. The average Bonchev–Trinajstić information content (AvgIpc) is 3.34. The number of Topliss-reactive ketones (excluding diaryl/α,β-unsaturated/α-hetero) is 1. The van der Waals surface area contributed by atoms with E-state index in [4.69, 9.17) is 9.47 Å². The second kappa shape index (κ2) is 5.81. The van der Waals surface area contributed by atoms with Gasteiger partial charge in [0.15, 0.2) is 5.78 Å². The van der Waals surface area contributed by atoms with Gasteiger partial charge in [-0.15, -0.1) is 0 Å². The van der Waals surface area contributed by atoms with E-state index in [-0.39, 0.29) is 23.5 Å². The highest BCUT2D eigenvalue weighted by atomic mass is 16.5. The lowest BCUT2D eigenvalue weighted by molar-refractivity contribution is -0.134. The molecule has 5 nitrogen and oxygen atoms in total. The molecule has 1 spiro atoms. The lowest BCUT2D eigenvalue weighted by Crippen LogP contribution is -2.45. The molecule has 0 radical (unpaired) electrons. The molecule has 2 aliphatic carbocycles. The van der Waals surface area contributed by atoms with E-state index >= 15 is 0 Å². The minimum absolute atomic E-state index is 0.0293. The van der Waals surface area contributed by atoms with Crippen molar-refractivity contribution in [3.63, 3.8) is 0 Å². The maximum absolute atomic E-state index is 13.1. The molecule has 5 heteroatoms. The molecule has 1 saturated heterocycles. The number of amides is 1. The largest absolute Gasteiger partial charge is 0.486 e. The van der Waals surface area contributed by atoms with Gasteiger partial charge in [0.2, 0.25) is 5.91 Å². The minimum atomic E-state index is -0.466. The summed E-state index contributed by atoms with van der Waals surface area (Å²) in [4.78, 5) is 27.8. The number of nitrogens with zero attached hydrogens (tertiary/aromatic N) is 1. The molecular formula is C21H25NO4. The Balaban J connectivity index is 1.38. The summed E-state index contributed by atoms with van der Waals surface area (Å²) in [6.07, 6.45) is 3.19. The van der Waals surface area contributed by atoms with E-state index in [1.54, 1.807) is 0 Å². The Morgan fingerprint density at radius 3 is 3.04 bits per heavy atom. The molecule has 3 fully saturated rings. The molecule has 0 aromatic heterocycles. The van der Waals surface area contributed by atoms with Crippen LogP contribution >= 0.6 is 0 Å². The van der Waals surface area contributed by atoms with Gasteiger partial charge in [-0.05, 0) is 44.2 Å². The monoisotopic (exact) mass is 355 g/mol. The second-order valence-corrected chi connectivity index (χ2v) is 8.31. The van der Waals surface area contributed by atoms with Gasteiger partial charge in [0.1, 0.15) is 11.4 Å². The van der Waals surface area contributed by atoms with E-state index in [0.717, 1.165) is 38.0 Å². The third kappa shape index (κ3) is 2.40. The number of ether oxygens (including phenoxy) is 2. The Morgan fingerprint density at radius 2 is 2.15 bits per heavy atom. The van der Waals surface area contributed by atoms with E-state index in [9.17, 15) is 9.59 Å². The van der Waals surface area contributed by atoms with Crippen molar-refractivity contribution in [3.8, 4) is 5.75 Å². The maximum Gasteiger partial charge on any atom is 0.226 e. The van der Waals surface area contributed by atoms with Crippen molar-refractivity contribution < 1.29 is 19.1 Å². The molecule has 138 valence electrons. The van der Waals surface area contributed by atoms with Crippen LogP contribution in [-0.4, -0.2) is 48.5 Å². The first kappa shape index (κ1) is 16.3. The van der Waals surface area contributed by atoms with Crippen molar-refractivity contribution >= 4 is 11.7 Å². The molecule has 1 amide bonds. The molecule has 4 atom stereocenters. The summed E-state index contributed by atoms with van der Waals surface area (Å²) in [6, 6.07) is 5.83. The van der Waals surface area contributed by atoms with Gasteiger partial charge in [-0.3, -0.25) is 9.59 Å². The molecule has 4 aliphatic rings. The fourth-order valence-electron chi connectivity index (χ4n) is 5.44. The van der Waals surface area contributed by atoms with Crippen molar-refractivity contribution in [1.29, 1.82) is 0 Å². The van der Waals surface area contributed by atoms with Crippen LogP contribution in [0.15, 0.2) is 18.2 Å². The summed E-state index contributed by atoms with van der Waals surface area (Å²) in [7, 11) is 0. The summed E-state index contributed by atoms with van der Waals surface area (Å²) >= 11 is 0. The van der Waals surface area contributed by atoms with Crippen molar-refractivity contribution in [1.82, 2.24) is 4.90 Å². The van der Waals surface area contributed by atoms with Crippen LogP contribution in [-0.2, 0) is 9.53 Å². The third-order valence-corrected chi connectivity index (χ3v) is 6.70. The number of hydrogen-bond donors (Lipinski definition) is 0. The summed E-state index contributed by atoms with van der Waals surface area (Å²) < 4.78 is 11.9. The van der Waals surface area contributed by atoms with E-state index in [1.807, 2.05) is 30.0 Å². The zero-order valence-electron chi connectivity index (χ0n) is 15.2. The lowest BCUT2D eigenvalue weighted by atomic mass is 9.84. The Kier molecular flexibility index (Phi) is 3.64. The number of benzene rings is 1. The molecule has 2 aliphatic heterocycles. The van der Waals surface area contributed by atoms with Gasteiger partial charge in [0.25, 0.3) is 0 Å². The number of hydrogen-bond acceptors (Lipinski definition) is 4. The summed E-state index contributed by atoms with van der Waals surface area (Å²) in [5, 5.41) is 0. The van der Waals surface area contributed by atoms with Gasteiger partial charge < -0.3 is 14.4 Å². The van der Waals surface area contributed by atoms with Gasteiger partial charge in [-0.1, -0.05) is 11.6 Å². The summed E-state index contributed by atoms with van der Waals surface area (Å²) in [6.45, 7) is 4.82. The highest BCUT2D eigenvalue weighted by molar-refractivity contribution is 6.01. The standard InChI is InChI=1S/C21H25NO4/c1-13-3-4-17-15(11-13)16(23)12-21(26-17)6-5-14-18(19(14)21)20(24)22-7-2-9-25-10-8-22/h3-4,11,14,18-19H,2,5-10,12H2,1H3/t14-,18-,19+,21+/m1/s1. The molecule has 0 unspecified atom stereocenters. The van der Waals surface area contributed by atoms with Gasteiger partial charge in [0, 0.05) is 31.5 Å². The normalized spacial score (nSPS) is 35.5. The van der Waals surface area contributed by atoms with E-state index in [1.165, 1.54) is 0 Å². The zero-order valence-corrected chi connectivity index (χ0v) is 15.2. The van der Waals surface area contributed by atoms with Crippen LogP contribution in [0.5, 0.6) is 5.75 Å². The van der Waals surface area contributed by atoms with Crippen LogP contribution in [0.4, 0.5) is 0 Å². The molecule has 2 saturated carbocycles. The number of rotatable bonds is 1. The first-order valence-corrected chi connectivity index (χ1v) is 9.78. The smallest absolute Gasteiger partial charge is 0.226 e. The van der Waals surface area contributed by atoms with Crippen LogP contribution in [0.25, 0.3) is 0 Å². The number of carbonyl (C=O) groups is 2. The average molecular weight is 355 g/mol. The Labute approximate surface area is 153 Å². The number of fused-ring (bicyclic) bond motifs is 3. The Morgan fingerprint density at radius 1 is 1.27 bits per heavy atom. The molecule has 0 bridgehead atoms. The second-order valence-electron chi connectivity index (χ2n) is 8.31. The van der Waals surface area contributed by atoms with Crippen molar-refractivity contribution in [3.05, 3.63) is 29.3 Å². The molecule has 1 aromatic carbocycles. The maximum atomic E-state index is 13.1. The fourth-order valence-corrected chi connectivity index (χ4v) is 5.44. The molecule has 2 heterocycles. The predicted octanol–water partition coefficient (Wildman–Crippen LogP) is 2.60. The van der Waals surface area contributed by atoms with Gasteiger partial charge >= 0.3 is 0 Å². The molecule has 26 heavy (non-hydrogen) atoms. The van der Waals surface area contributed by atoms with Crippen molar-refractivity contribution in [2.45, 2.75) is 38.2 Å². The molecular weight excluding hydrogens is 330 g/mol. The molecule has 1 aromatic rings. The topological polar surface area (TPSA) is 55.8 Å². The van der Waals surface area contributed by atoms with Gasteiger partial charge in [0.05, 0.1) is 18.6 Å². The first-order valence-electron chi connectivity index (χ1n) is 9.78.